The van der Waals surface area contributed by atoms with Crippen LogP contribution in [0.2, 0.25) is 0 Å². The highest BCUT2D eigenvalue weighted by Crippen LogP contribution is 2.13. The second-order valence-electron chi connectivity index (χ2n) is 7.28. The minimum Gasteiger partial charge on any atom is -0.491 e. The van der Waals surface area contributed by atoms with Gasteiger partial charge in [-0.05, 0) is 28.8 Å². The summed E-state index contributed by atoms with van der Waals surface area (Å²) in [5.74, 6) is 0.696. The van der Waals surface area contributed by atoms with Crippen LogP contribution in [0.4, 0.5) is 0 Å². The number of hydrogen-bond donors (Lipinski definition) is 2. The first-order valence-corrected chi connectivity index (χ1v) is 10.1. The SMILES string of the molecule is N#CCc1ccc(OC[C@@H](O)CNCc2ccc(CN3CCOCC3)cc2)cc1. The molecule has 0 aliphatic carbocycles. The van der Waals surface area contributed by atoms with Gasteiger partial charge >= 0.3 is 0 Å². The van der Waals surface area contributed by atoms with E-state index in [4.69, 9.17) is 14.7 Å². The molecule has 0 unspecified atom stereocenters. The summed E-state index contributed by atoms with van der Waals surface area (Å²) in [6, 6.07) is 18.1. The molecule has 0 amide bonds. The van der Waals surface area contributed by atoms with Crippen molar-refractivity contribution in [3.8, 4) is 11.8 Å². The lowest BCUT2D eigenvalue weighted by atomic mass is 10.1. The van der Waals surface area contributed by atoms with E-state index in [-0.39, 0.29) is 6.61 Å². The molecule has 1 aliphatic heterocycles. The van der Waals surface area contributed by atoms with Gasteiger partial charge in [-0.1, -0.05) is 36.4 Å². The van der Waals surface area contributed by atoms with Crippen molar-refractivity contribution < 1.29 is 14.6 Å². The molecular formula is C23H29N3O3. The molecule has 29 heavy (non-hydrogen) atoms. The van der Waals surface area contributed by atoms with Crippen molar-refractivity contribution in [3.63, 3.8) is 0 Å². The van der Waals surface area contributed by atoms with Gasteiger partial charge in [-0.2, -0.15) is 5.26 Å². The molecular weight excluding hydrogens is 366 g/mol. The molecule has 0 bridgehead atoms. The molecule has 3 rings (SSSR count). The minimum atomic E-state index is -0.589. The molecule has 1 atom stereocenters. The first kappa shape index (κ1) is 21.3. The summed E-state index contributed by atoms with van der Waals surface area (Å²) < 4.78 is 11.0. The van der Waals surface area contributed by atoms with Crippen LogP contribution in [0.15, 0.2) is 48.5 Å². The van der Waals surface area contributed by atoms with E-state index in [1.54, 1.807) is 0 Å². The summed E-state index contributed by atoms with van der Waals surface area (Å²) in [6.45, 7) is 5.98. The van der Waals surface area contributed by atoms with E-state index in [1.807, 2.05) is 24.3 Å². The van der Waals surface area contributed by atoms with Crippen LogP contribution in [0.3, 0.4) is 0 Å². The Morgan fingerprint density at radius 3 is 2.38 bits per heavy atom. The molecule has 6 nitrogen and oxygen atoms in total. The summed E-state index contributed by atoms with van der Waals surface area (Å²) in [7, 11) is 0. The smallest absolute Gasteiger partial charge is 0.119 e. The van der Waals surface area contributed by atoms with Gasteiger partial charge in [0.1, 0.15) is 18.5 Å². The zero-order valence-corrected chi connectivity index (χ0v) is 16.7. The van der Waals surface area contributed by atoms with Crippen LogP contribution in [0.1, 0.15) is 16.7 Å². The van der Waals surface area contributed by atoms with Crippen LogP contribution in [0.25, 0.3) is 0 Å². The highest BCUT2D eigenvalue weighted by molar-refractivity contribution is 5.28. The standard InChI is InChI=1S/C23H29N3O3/c24-10-9-19-5-7-23(8-6-19)29-18-22(27)16-25-15-20-1-3-21(4-2-20)17-26-11-13-28-14-12-26/h1-8,22,25,27H,9,11-18H2/t22-/m0/s1. The van der Waals surface area contributed by atoms with E-state index in [9.17, 15) is 5.11 Å². The fraction of sp³-hybridized carbons (Fsp3) is 0.435. The Hall–Kier alpha value is -2.43. The van der Waals surface area contributed by atoms with Gasteiger partial charge in [0, 0.05) is 32.7 Å². The Bertz CT molecular complexity index is 765. The lowest BCUT2D eigenvalue weighted by Crippen LogP contribution is -2.35. The number of nitrogens with zero attached hydrogens (tertiary/aromatic N) is 2. The Labute approximate surface area is 172 Å². The molecule has 2 aromatic carbocycles. The molecule has 0 spiro atoms. The predicted octanol–water partition coefficient (Wildman–Crippen LogP) is 2.11. The molecule has 2 aromatic rings. The van der Waals surface area contributed by atoms with Crippen LogP contribution in [0.5, 0.6) is 5.75 Å². The van der Waals surface area contributed by atoms with Crippen molar-refractivity contribution in [2.24, 2.45) is 0 Å². The number of nitriles is 1. The summed E-state index contributed by atoms with van der Waals surface area (Å²) in [4.78, 5) is 2.41. The molecule has 0 aromatic heterocycles. The fourth-order valence-electron chi connectivity index (χ4n) is 3.21. The van der Waals surface area contributed by atoms with Gasteiger partial charge in [0.05, 0.1) is 25.7 Å². The van der Waals surface area contributed by atoms with Crippen molar-refractivity contribution in [2.45, 2.75) is 25.6 Å². The van der Waals surface area contributed by atoms with Gasteiger partial charge in [-0.3, -0.25) is 4.90 Å². The average Bonchev–Trinajstić information content (AvgIpc) is 2.75. The molecule has 154 valence electrons. The number of aliphatic hydroxyl groups excluding tert-OH is 1. The van der Waals surface area contributed by atoms with Crippen molar-refractivity contribution in [1.82, 2.24) is 10.2 Å². The van der Waals surface area contributed by atoms with E-state index in [1.165, 1.54) is 11.1 Å². The third kappa shape index (κ3) is 7.48. The van der Waals surface area contributed by atoms with Crippen LogP contribution in [-0.4, -0.2) is 55.6 Å². The van der Waals surface area contributed by atoms with Gasteiger partial charge in [0.2, 0.25) is 0 Å². The number of aliphatic hydroxyl groups is 1. The molecule has 0 radical (unpaired) electrons. The van der Waals surface area contributed by atoms with Gasteiger partial charge in [-0.25, -0.2) is 0 Å². The first-order chi connectivity index (χ1) is 14.2. The lowest BCUT2D eigenvalue weighted by Gasteiger charge is -2.26. The molecule has 1 heterocycles. The third-order valence-corrected chi connectivity index (χ3v) is 4.89. The summed E-state index contributed by atoms with van der Waals surface area (Å²) >= 11 is 0. The number of ether oxygens (including phenoxy) is 2. The second kappa shape index (κ2) is 11.5. The van der Waals surface area contributed by atoms with Crippen molar-refractivity contribution in [1.29, 1.82) is 5.26 Å². The maximum Gasteiger partial charge on any atom is 0.119 e. The largest absolute Gasteiger partial charge is 0.491 e. The summed E-state index contributed by atoms with van der Waals surface area (Å²) in [5.41, 5.74) is 3.46. The van der Waals surface area contributed by atoms with E-state index >= 15 is 0 Å². The normalized spacial score (nSPS) is 15.6. The Morgan fingerprint density at radius 2 is 1.69 bits per heavy atom. The maximum atomic E-state index is 10.1. The van der Waals surface area contributed by atoms with Crippen LogP contribution >= 0.6 is 0 Å². The topological polar surface area (TPSA) is 77.8 Å². The summed E-state index contributed by atoms with van der Waals surface area (Å²) in [6.07, 6.45) is -0.199. The molecule has 1 saturated heterocycles. The Balaban J connectivity index is 1.33. The molecule has 6 heteroatoms. The molecule has 2 N–H and O–H groups in total. The predicted molar refractivity (Wildman–Crippen MR) is 112 cm³/mol. The third-order valence-electron chi connectivity index (χ3n) is 4.89. The first-order valence-electron chi connectivity index (χ1n) is 10.1. The van der Waals surface area contributed by atoms with Gasteiger partial charge in [0.15, 0.2) is 0 Å². The van der Waals surface area contributed by atoms with Crippen molar-refractivity contribution in [2.75, 3.05) is 39.5 Å². The average molecular weight is 396 g/mol. The fourth-order valence-corrected chi connectivity index (χ4v) is 3.21. The van der Waals surface area contributed by atoms with E-state index in [0.29, 0.717) is 25.3 Å². The monoisotopic (exact) mass is 395 g/mol. The summed E-state index contributed by atoms with van der Waals surface area (Å²) in [5, 5.41) is 22.1. The zero-order valence-electron chi connectivity index (χ0n) is 16.7. The Kier molecular flexibility index (Phi) is 8.47. The zero-order chi connectivity index (χ0) is 20.3. The van der Waals surface area contributed by atoms with Crippen LogP contribution < -0.4 is 10.1 Å². The van der Waals surface area contributed by atoms with Crippen molar-refractivity contribution >= 4 is 0 Å². The molecule has 0 saturated carbocycles. The molecule has 1 aliphatic rings. The van der Waals surface area contributed by atoms with Gasteiger partial charge in [0.25, 0.3) is 0 Å². The Morgan fingerprint density at radius 1 is 1.03 bits per heavy atom. The maximum absolute atomic E-state index is 10.1. The van der Waals surface area contributed by atoms with E-state index in [0.717, 1.165) is 38.4 Å². The number of hydrogen-bond acceptors (Lipinski definition) is 6. The number of rotatable bonds is 10. The van der Waals surface area contributed by atoms with Crippen molar-refractivity contribution in [3.05, 3.63) is 65.2 Å². The van der Waals surface area contributed by atoms with Crippen LogP contribution in [-0.2, 0) is 24.2 Å². The van der Waals surface area contributed by atoms with Gasteiger partial charge < -0.3 is 19.9 Å². The minimum absolute atomic E-state index is 0.225. The quantitative estimate of drug-likeness (QED) is 0.642. The van der Waals surface area contributed by atoms with Crippen LogP contribution in [0, 0.1) is 11.3 Å². The highest BCUT2D eigenvalue weighted by Gasteiger charge is 2.10. The number of nitrogens with one attached hydrogen (secondary N) is 1. The highest BCUT2D eigenvalue weighted by atomic mass is 16.5. The van der Waals surface area contributed by atoms with E-state index < -0.39 is 6.10 Å². The van der Waals surface area contributed by atoms with E-state index in [2.05, 4.69) is 40.6 Å². The number of morpholine rings is 1. The lowest BCUT2D eigenvalue weighted by molar-refractivity contribution is 0.0342. The molecule has 1 fully saturated rings. The number of benzene rings is 2. The van der Waals surface area contributed by atoms with Gasteiger partial charge in [-0.15, -0.1) is 0 Å². The second-order valence-corrected chi connectivity index (χ2v) is 7.28.